The van der Waals surface area contributed by atoms with Crippen molar-refractivity contribution in [1.29, 1.82) is 0 Å². The summed E-state index contributed by atoms with van der Waals surface area (Å²) in [4.78, 5) is 58.5. The van der Waals surface area contributed by atoms with Crippen LogP contribution < -0.4 is 0 Å². The van der Waals surface area contributed by atoms with Gasteiger partial charge in [0.2, 0.25) is 0 Å². The molecule has 0 fully saturated rings. The molecule has 16 nitrogen and oxygen atoms in total. The molecule has 18 heteroatoms. The molecule has 97 heavy (non-hydrogen) atoms. The van der Waals surface area contributed by atoms with Crippen LogP contribution in [0.5, 0.6) is 0 Å². The number of carbonyl (C=O) groups excluding carboxylic acids is 3. The lowest BCUT2D eigenvalue weighted by molar-refractivity contribution is -0.161. The van der Waals surface area contributed by atoms with Gasteiger partial charge in [-0.05, 0) is 148 Å². The molecule has 5 atom stereocenters. The zero-order valence-electron chi connectivity index (χ0n) is 59.2. The maximum Gasteiger partial charge on any atom is 0.472 e. The predicted molar refractivity (Wildman–Crippen MR) is 398 cm³/mol. The smallest absolute Gasteiger partial charge is 0.463 e. The SMILES string of the molecule is CC/C=C\C/C=C\C/C=C\C/C=C\C/C=C\C/C=C\CCC(=O)OC(COC(=O)CCCCCCC/C=C\C/C=C\C/C=C\C/C=C\C/C=C\CC)COP(=O)(O)OCC(O)COP(=O)(O)OCC(O)COC(=O)CCCCCCC/C=C\C/C=C\C/C=C\C/C=C\C/C=C\CC. The molecule has 0 heterocycles. The van der Waals surface area contributed by atoms with E-state index in [1.165, 1.54) is 0 Å². The van der Waals surface area contributed by atoms with Crippen molar-refractivity contribution in [3.05, 3.63) is 194 Å². The number of esters is 3. The minimum Gasteiger partial charge on any atom is -0.463 e. The zero-order chi connectivity index (χ0) is 70.9. The van der Waals surface area contributed by atoms with Gasteiger partial charge in [-0.15, -0.1) is 0 Å². The fourth-order valence-electron chi connectivity index (χ4n) is 8.47. The van der Waals surface area contributed by atoms with Crippen LogP contribution in [0.3, 0.4) is 0 Å². The van der Waals surface area contributed by atoms with Crippen LogP contribution in [0.1, 0.15) is 226 Å². The molecule has 0 aliphatic heterocycles. The van der Waals surface area contributed by atoms with Gasteiger partial charge in [-0.1, -0.05) is 254 Å². The number of hydrogen-bond donors (Lipinski definition) is 4. The number of ether oxygens (including phenoxy) is 3. The van der Waals surface area contributed by atoms with E-state index in [1.54, 1.807) is 0 Å². The summed E-state index contributed by atoms with van der Waals surface area (Å²) in [5, 5.41) is 20.6. The highest BCUT2D eigenvalue weighted by molar-refractivity contribution is 7.47. The van der Waals surface area contributed by atoms with Crippen molar-refractivity contribution in [1.82, 2.24) is 0 Å². The fraction of sp³-hybridized carbons (Fsp3) is 0.557. The second-order valence-corrected chi connectivity index (χ2v) is 25.8. The van der Waals surface area contributed by atoms with E-state index in [0.29, 0.717) is 25.7 Å². The molecule has 0 aliphatic rings. The van der Waals surface area contributed by atoms with Crippen molar-refractivity contribution in [2.45, 2.75) is 245 Å². The van der Waals surface area contributed by atoms with Crippen LogP contribution in [-0.2, 0) is 55.8 Å². The molecule has 4 N–H and O–H groups in total. The quantitative estimate of drug-likeness (QED) is 0.0146. The molecular formula is C79H124O16P2. The van der Waals surface area contributed by atoms with E-state index in [1.807, 2.05) is 18.2 Å². The topological polar surface area (TPSA) is 231 Å². The predicted octanol–water partition coefficient (Wildman–Crippen LogP) is 20.4. The molecule has 0 aliphatic carbocycles. The summed E-state index contributed by atoms with van der Waals surface area (Å²) in [7, 11) is -9.84. The van der Waals surface area contributed by atoms with Gasteiger partial charge in [0.25, 0.3) is 0 Å². The van der Waals surface area contributed by atoms with Crippen LogP contribution in [-0.4, -0.2) is 95.9 Å². The Morgan fingerprint density at radius 1 is 0.289 bits per heavy atom. The second-order valence-electron chi connectivity index (χ2n) is 22.9. The maximum atomic E-state index is 12.9. The number of phosphoric ester groups is 2. The summed E-state index contributed by atoms with van der Waals surface area (Å²) in [6.45, 7) is 2.15. The molecule has 0 radical (unpaired) electrons. The van der Waals surface area contributed by atoms with Gasteiger partial charge >= 0.3 is 33.6 Å². The van der Waals surface area contributed by atoms with E-state index in [4.69, 9.17) is 32.3 Å². The van der Waals surface area contributed by atoms with Gasteiger partial charge in [-0.2, -0.15) is 0 Å². The van der Waals surface area contributed by atoms with E-state index in [2.05, 4.69) is 197 Å². The molecule has 0 saturated carbocycles. The van der Waals surface area contributed by atoms with Gasteiger partial charge in [0, 0.05) is 19.3 Å². The molecule has 0 amide bonds. The average Bonchev–Trinajstić information content (AvgIpc) is 2.08. The molecule has 5 unspecified atom stereocenters. The van der Waals surface area contributed by atoms with Gasteiger partial charge in [0.05, 0.1) is 26.4 Å². The standard InChI is InChI=1S/C79H124O16P2/c1-4-7-10-13-16-19-22-25-28-31-34-36-39-41-44-47-50-53-56-59-62-65-77(82)89-68-74(80)69-91-96(85,86)92-70-75(81)71-93-97(87,88)94-73-76(95-79(84)67-64-61-58-55-52-49-46-43-38-33-30-27-24-21-18-15-12-9-6-3)72-90-78(83)66-63-60-57-54-51-48-45-42-40-37-35-32-29-26-23-20-17-14-11-8-5-2/h7-12,16-21,25-30,34-38,41-45,49,52,58,61,74-76,80-81H,4-6,13-15,22-24,31-33,39-40,46-48,50-51,53-57,59-60,62-73H2,1-3H3,(H,85,86)(H,87,88)/b10-7-,11-8-,12-9-,19-16-,20-17-,21-18-,28-25-,29-26-,30-27-,36-34-,37-35-,43-38-,44-41-,45-42-,52-49-,61-58-. The highest BCUT2D eigenvalue weighted by Gasteiger charge is 2.29. The van der Waals surface area contributed by atoms with Gasteiger partial charge < -0.3 is 34.2 Å². The minimum atomic E-state index is -4.97. The third kappa shape index (κ3) is 71.5. The van der Waals surface area contributed by atoms with Crippen molar-refractivity contribution >= 4 is 33.6 Å². The Balaban J connectivity index is 4.85. The van der Waals surface area contributed by atoms with E-state index in [9.17, 15) is 43.5 Å². The first-order chi connectivity index (χ1) is 47.2. The lowest BCUT2D eigenvalue weighted by Gasteiger charge is -2.21. The fourth-order valence-corrected chi connectivity index (χ4v) is 10.1. The van der Waals surface area contributed by atoms with Gasteiger partial charge in [0.1, 0.15) is 25.4 Å². The molecule has 0 aromatic carbocycles. The van der Waals surface area contributed by atoms with E-state index < -0.39 is 91.5 Å². The zero-order valence-corrected chi connectivity index (χ0v) is 60.9. The van der Waals surface area contributed by atoms with Crippen LogP contribution in [0.4, 0.5) is 0 Å². The molecule has 0 spiro atoms. The Bertz CT molecular complexity index is 2540. The van der Waals surface area contributed by atoms with Crippen molar-refractivity contribution in [2.75, 3.05) is 39.6 Å². The van der Waals surface area contributed by atoms with Crippen LogP contribution >= 0.6 is 15.6 Å². The number of allylic oxidation sites excluding steroid dienone is 32. The highest BCUT2D eigenvalue weighted by atomic mass is 31.2. The molecule has 546 valence electrons. The monoisotopic (exact) mass is 1390 g/mol. The number of unbranched alkanes of at least 4 members (excludes halogenated alkanes) is 10. The summed E-state index contributed by atoms with van der Waals surface area (Å²) < 4.78 is 60.9. The van der Waals surface area contributed by atoms with Crippen molar-refractivity contribution in [2.24, 2.45) is 0 Å². The lowest BCUT2D eigenvalue weighted by atomic mass is 10.1. The van der Waals surface area contributed by atoms with Crippen molar-refractivity contribution in [3.63, 3.8) is 0 Å². The molecule has 0 bridgehead atoms. The normalized spacial score (nSPS) is 15.2. The van der Waals surface area contributed by atoms with Gasteiger partial charge in [-0.25, -0.2) is 9.13 Å². The third-order valence-corrected chi connectivity index (χ3v) is 15.7. The molecule has 0 saturated heterocycles. The van der Waals surface area contributed by atoms with Crippen LogP contribution in [0.2, 0.25) is 0 Å². The molecular weight excluding hydrogens is 1270 g/mol. The Morgan fingerprint density at radius 2 is 0.536 bits per heavy atom. The summed E-state index contributed by atoms with van der Waals surface area (Å²) in [6, 6.07) is 0. The van der Waals surface area contributed by atoms with E-state index >= 15 is 0 Å². The third-order valence-electron chi connectivity index (χ3n) is 13.8. The Hall–Kier alpha value is -5.61. The largest absolute Gasteiger partial charge is 0.472 e. The number of aliphatic hydroxyl groups is 2. The number of carbonyl (C=O) groups is 3. The number of phosphoric acid groups is 2. The summed E-state index contributed by atoms with van der Waals surface area (Å²) in [6.07, 6.45) is 90.6. The molecule has 0 rings (SSSR count). The lowest BCUT2D eigenvalue weighted by Crippen LogP contribution is -2.29. The van der Waals surface area contributed by atoms with Crippen molar-refractivity contribution in [3.8, 4) is 0 Å². The van der Waals surface area contributed by atoms with E-state index in [-0.39, 0.29) is 19.3 Å². The van der Waals surface area contributed by atoms with Crippen molar-refractivity contribution < 1.29 is 75.8 Å². The summed E-state index contributed by atoms with van der Waals surface area (Å²) in [5.41, 5.74) is 0. The minimum absolute atomic E-state index is 0.0347. The van der Waals surface area contributed by atoms with E-state index in [0.717, 1.165) is 161 Å². The number of aliphatic hydroxyl groups excluding tert-OH is 2. The second kappa shape index (κ2) is 70.3. The first-order valence-corrected chi connectivity index (χ1v) is 38.7. The maximum absolute atomic E-state index is 12.9. The van der Waals surface area contributed by atoms with Gasteiger partial charge in [-0.3, -0.25) is 32.5 Å². The average molecular weight is 1390 g/mol. The molecule has 0 aromatic rings. The first kappa shape index (κ1) is 91.4. The van der Waals surface area contributed by atoms with Crippen LogP contribution in [0.25, 0.3) is 0 Å². The summed E-state index contributed by atoms with van der Waals surface area (Å²) >= 11 is 0. The van der Waals surface area contributed by atoms with Gasteiger partial charge in [0.15, 0.2) is 6.10 Å². The number of hydrogen-bond acceptors (Lipinski definition) is 14. The van der Waals surface area contributed by atoms with Crippen LogP contribution in [0, 0.1) is 0 Å². The Labute approximate surface area is 585 Å². The first-order valence-electron chi connectivity index (χ1n) is 35.7. The summed E-state index contributed by atoms with van der Waals surface area (Å²) in [5.74, 6) is -1.73. The number of rotatable bonds is 65. The molecule has 0 aromatic heterocycles. The Kier molecular flexibility index (Phi) is 66.2. The Morgan fingerprint density at radius 3 is 0.856 bits per heavy atom. The highest BCUT2D eigenvalue weighted by Crippen LogP contribution is 2.45. The van der Waals surface area contributed by atoms with Crippen LogP contribution in [0.15, 0.2) is 194 Å².